The van der Waals surface area contributed by atoms with Crippen LogP contribution in [-0.2, 0) is 20.0 Å². The molecule has 0 aliphatic heterocycles. The van der Waals surface area contributed by atoms with E-state index in [9.17, 15) is 0 Å². The Kier molecular flexibility index (Phi) is 5.09. The van der Waals surface area contributed by atoms with E-state index in [1.807, 2.05) is 36.1 Å². The second-order valence-corrected chi connectivity index (χ2v) is 5.12. The van der Waals surface area contributed by atoms with E-state index in [2.05, 4.69) is 24.3 Å². The largest absolute Gasteiger partial charge is 0.493 e. The molecular weight excluding hydrogens is 264 g/mol. The van der Waals surface area contributed by atoms with Crippen LogP contribution in [0.4, 0.5) is 11.4 Å². The molecule has 0 saturated carbocycles. The molecule has 0 spiro atoms. The molecule has 0 aliphatic carbocycles. The van der Waals surface area contributed by atoms with Crippen molar-refractivity contribution in [1.82, 2.24) is 9.78 Å². The lowest BCUT2D eigenvalue weighted by Gasteiger charge is -2.11. The minimum Gasteiger partial charge on any atom is -0.493 e. The average Bonchev–Trinajstić information content (AvgIpc) is 2.82. The number of aryl methyl sites for hydroxylation is 2. The van der Waals surface area contributed by atoms with Gasteiger partial charge in [0.1, 0.15) is 5.75 Å². The van der Waals surface area contributed by atoms with Gasteiger partial charge in [-0.3, -0.25) is 4.68 Å². The lowest BCUT2D eigenvalue weighted by molar-refractivity contribution is 0.318. The number of nitrogens with two attached hydrogens (primary N) is 1. The smallest absolute Gasteiger partial charge is 0.123 e. The van der Waals surface area contributed by atoms with Gasteiger partial charge in [-0.1, -0.05) is 13.8 Å². The molecule has 0 radical (unpaired) electrons. The van der Waals surface area contributed by atoms with Crippen molar-refractivity contribution in [3.8, 4) is 5.75 Å². The van der Waals surface area contributed by atoms with E-state index < -0.39 is 0 Å². The number of nitrogen functional groups attached to an aromatic ring is 1. The standard InChI is InChI=1S/C16H24N4O/c1-4-6-21-15-8-13(17)7-14(9-15)18-10-12-11-20(3)19-16(12)5-2/h7-9,11,18H,4-6,10,17H2,1-3H3. The van der Waals surface area contributed by atoms with Crippen LogP contribution in [0.2, 0.25) is 0 Å². The summed E-state index contributed by atoms with van der Waals surface area (Å²) in [7, 11) is 1.94. The minimum absolute atomic E-state index is 0.700. The molecule has 5 heteroatoms. The van der Waals surface area contributed by atoms with E-state index in [0.29, 0.717) is 12.3 Å². The first-order valence-corrected chi connectivity index (χ1v) is 7.41. The lowest BCUT2D eigenvalue weighted by Crippen LogP contribution is -2.03. The quantitative estimate of drug-likeness (QED) is 0.769. The summed E-state index contributed by atoms with van der Waals surface area (Å²) < 4.78 is 7.49. The van der Waals surface area contributed by atoms with Crippen molar-refractivity contribution in [2.24, 2.45) is 7.05 Å². The molecule has 0 saturated heterocycles. The van der Waals surface area contributed by atoms with E-state index in [1.165, 1.54) is 5.56 Å². The average molecular weight is 288 g/mol. The number of benzene rings is 1. The first-order chi connectivity index (χ1) is 10.1. The summed E-state index contributed by atoms with van der Waals surface area (Å²) in [5, 5.41) is 7.84. The summed E-state index contributed by atoms with van der Waals surface area (Å²) >= 11 is 0. The van der Waals surface area contributed by atoms with Crippen molar-refractivity contribution in [2.45, 2.75) is 33.2 Å². The van der Waals surface area contributed by atoms with E-state index in [0.717, 1.165) is 36.5 Å². The Labute approximate surface area is 126 Å². The van der Waals surface area contributed by atoms with Crippen molar-refractivity contribution in [1.29, 1.82) is 0 Å². The molecule has 0 atom stereocenters. The zero-order valence-electron chi connectivity index (χ0n) is 13.0. The molecule has 0 fully saturated rings. The Bertz CT molecular complexity index is 592. The fraction of sp³-hybridized carbons (Fsp3) is 0.438. The maximum absolute atomic E-state index is 5.92. The van der Waals surface area contributed by atoms with Crippen LogP contribution in [0.25, 0.3) is 0 Å². The number of nitrogens with one attached hydrogen (secondary N) is 1. The van der Waals surface area contributed by atoms with Crippen LogP contribution in [-0.4, -0.2) is 16.4 Å². The van der Waals surface area contributed by atoms with Gasteiger partial charge in [-0.2, -0.15) is 5.10 Å². The molecular formula is C16H24N4O. The second kappa shape index (κ2) is 7.02. The maximum Gasteiger partial charge on any atom is 0.123 e. The summed E-state index contributed by atoms with van der Waals surface area (Å²) in [4.78, 5) is 0. The minimum atomic E-state index is 0.700. The summed E-state index contributed by atoms with van der Waals surface area (Å²) in [6.45, 7) is 5.63. The van der Waals surface area contributed by atoms with Gasteiger partial charge in [0.15, 0.2) is 0 Å². The highest BCUT2D eigenvalue weighted by Crippen LogP contribution is 2.23. The third-order valence-corrected chi connectivity index (χ3v) is 3.21. The van der Waals surface area contributed by atoms with Crippen LogP contribution in [0.3, 0.4) is 0 Å². The molecule has 114 valence electrons. The van der Waals surface area contributed by atoms with E-state index in [4.69, 9.17) is 10.5 Å². The van der Waals surface area contributed by atoms with Gasteiger partial charge in [0.25, 0.3) is 0 Å². The zero-order valence-corrected chi connectivity index (χ0v) is 13.0. The summed E-state index contributed by atoms with van der Waals surface area (Å²) in [6, 6.07) is 5.75. The van der Waals surface area contributed by atoms with E-state index in [-0.39, 0.29) is 0 Å². The molecule has 1 heterocycles. The summed E-state index contributed by atoms with van der Waals surface area (Å²) in [6.07, 6.45) is 3.96. The number of aromatic nitrogens is 2. The van der Waals surface area contributed by atoms with Crippen molar-refractivity contribution in [2.75, 3.05) is 17.7 Å². The third kappa shape index (κ3) is 4.15. The molecule has 1 aromatic heterocycles. The highest BCUT2D eigenvalue weighted by atomic mass is 16.5. The van der Waals surface area contributed by atoms with E-state index in [1.54, 1.807) is 0 Å². The van der Waals surface area contributed by atoms with Crippen molar-refractivity contribution >= 4 is 11.4 Å². The molecule has 0 amide bonds. The SMILES string of the molecule is CCCOc1cc(N)cc(NCc2cn(C)nc2CC)c1. The zero-order chi connectivity index (χ0) is 15.2. The molecule has 2 aromatic rings. The Hall–Kier alpha value is -2.17. The number of hydrogen-bond donors (Lipinski definition) is 2. The predicted octanol–water partition coefficient (Wildman–Crippen LogP) is 2.97. The topological polar surface area (TPSA) is 65.1 Å². The molecule has 0 bridgehead atoms. The molecule has 21 heavy (non-hydrogen) atoms. The first kappa shape index (κ1) is 15.2. The molecule has 0 aliphatic rings. The van der Waals surface area contributed by atoms with Gasteiger partial charge in [0.05, 0.1) is 12.3 Å². The normalized spacial score (nSPS) is 10.6. The predicted molar refractivity (Wildman–Crippen MR) is 86.6 cm³/mol. The Balaban J connectivity index is 2.06. The highest BCUT2D eigenvalue weighted by molar-refractivity contribution is 5.59. The number of hydrogen-bond acceptors (Lipinski definition) is 4. The van der Waals surface area contributed by atoms with Gasteiger partial charge in [-0.15, -0.1) is 0 Å². The monoisotopic (exact) mass is 288 g/mol. The van der Waals surface area contributed by atoms with Crippen LogP contribution in [0, 0.1) is 0 Å². The molecule has 3 N–H and O–H groups in total. The van der Waals surface area contributed by atoms with Crippen LogP contribution in [0.5, 0.6) is 5.75 Å². The maximum atomic E-state index is 5.92. The van der Waals surface area contributed by atoms with Crippen molar-refractivity contribution in [3.05, 3.63) is 35.7 Å². The third-order valence-electron chi connectivity index (χ3n) is 3.21. The van der Waals surface area contributed by atoms with Crippen LogP contribution >= 0.6 is 0 Å². The van der Waals surface area contributed by atoms with Crippen LogP contribution in [0.1, 0.15) is 31.5 Å². The van der Waals surface area contributed by atoms with Gasteiger partial charge in [0.2, 0.25) is 0 Å². The Morgan fingerprint density at radius 3 is 2.81 bits per heavy atom. The summed E-state index contributed by atoms with van der Waals surface area (Å²) in [5.74, 6) is 0.807. The second-order valence-electron chi connectivity index (χ2n) is 5.12. The van der Waals surface area contributed by atoms with Gasteiger partial charge in [-0.25, -0.2) is 0 Å². The number of ether oxygens (including phenoxy) is 1. The van der Waals surface area contributed by atoms with Crippen LogP contribution in [0.15, 0.2) is 24.4 Å². The Morgan fingerprint density at radius 2 is 2.10 bits per heavy atom. The number of nitrogens with zero attached hydrogens (tertiary/aromatic N) is 2. The fourth-order valence-corrected chi connectivity index (χ4v) is 2.25. The Morgan fingerprint density at radius 1 is 1.29 bits per heavy atom. The van der Waals surface area contributed by atoms with Gasteiger partial charge in [0, 0.05) is 48.9 Å². The van der Waals surface area contributed by atoms with Crippen molar-refractivity contribution < 1.29 is 4.74 Å². The van der Waals surface area contributed by atoms with Gasteiger partial charge in [-0.05, 0) is 18.9 Å². The molecule has 0 unspecified atom stereocenters. The molecule has 1 aromatic carbocycles. The number of anilines is 2. The summed E-state index contributed by atoms with van der Waals surface area (Å²) in [5.41, 5.74) is 9.92. The van der Waals surface area contributed by atoms with Crippen LogP contribution < -0.4 is 15.8 Å². The van der Waals surface area contributed by atoms with Gasteiger partial charge >= 0.3 is 0 Å². The van der Waals surface area contributed by atoms with Crippen molar-refractivity contribution in [3.63, 3.8) is 0 Å². The van der Waals surface area contributed by atoms with Gasteiger partial charge < -0.3 is 15.8 Å². The fourth-order valence-electron chi connectivity index (χ4n) is 2.25. The highest BCUT2D eigenvalue weighted by Gasteiger charge is 2.06. The number of rotatable bonds is 7. The lowest BCUT2D eigenvalue weighted by atomic mass is 10.2. The van der Waals surface area contributed by atoms with E-state index >= 15 is 0 Å². The molecule has 2 rings (SSSR count). The first-order valence-electron chi connectivity index (χ1n) is 7.41. The molecule has 5 nitrogen and oxygen atoms in total.